The molecule has 1 saturated heterocycles. The summed E-state index contributed by atoms with van der Waals surface area (Å²) in [5, 5.41) is 19.4. The quantitative estimate of drug-likeness (QED) is 0.481. The topological polar surface area (TPSA) is 66.8 Å². The van der Waals surface area contributed by atoms with E-state index in [1.807, 2.05) is 0 Å². The molecule has 0 aromatic heterocycles. The molecule has 2 saturated carbocycles. The molecule has 2 aliphatic carbocycles. The fourth-order valence-electron chi connectivity index (χ4n) is 3.38. The number of esters is 1. The Morgan fingerprint density at radius 1 is 1.31 bits per heavy atom. The van der Waals surface area contributed by atoms with Gasteiger partial charge in [0.05, 0.1) is 24.7 Å². The summed E-state index contributed by atoms with van der Waals surface area (Å²) in [6.45, 7) is 0.388. The normalized spacial score (nSPS) is 58.2. The van der Waals surface area contributed by atoms with E-state index < -0.39 is 12.2 Å². The van der Waals surface area contributed by atoms with Gasteiger partial charge in [-0.1, -0.05) is 0 Å². The highest BCUT2D eigenvalue weighted by atomic mass is 16.5. The molecule has 1 heterocycles. The van der Waals surface area contributed by atoms with Gasteiger partial charge in [-0.15, -0.1) is 0 Å². The van der Waals surface area contributed by atoms with Gasteiger partial charge in [0.25, 0.3) is 0 Å². The number of aliphatic hydroxyl groups is 2. The summed E-state index contributed by atoms with van der Waals surface area (Å²) in [7, 11) is 0. The first-order valence-corrected chi connectivity index (χ1v) is 4.73. The number of carbonyl (C=O) groups excluding carboxylic acids is 1. The second-order valence-electron chi connectivity index (χ2n) is 4.35. The van der Waals surface area contributed by atoms with Crippen LogP contribution in [-0.4, -0.2) is 35.0 Å². The number of hydrogen-bond donors (Lipinski definition) is 2. The van der Waals surface area contributed by atoms with Crippen molar-refractivity contribution in [3.63, 3.8) is 0 Å². The maximum Gasteiger partial charge on any atom is 0.309 e. The maximum absolute atomic E-state index is 11.3. The Balaban J connectivity index is 1.98. The number of carbonyl (C=O) groups is 1. The van der Waals surface area contributed by atoms with E-state index in [1.54, 1.807) is 0 Å². The van der Waals surface area contributed by atoms with Crippen LogP contribution in [0.2, 0.25) is 0 Å². The molecule has 0 aromatic rings. The minimum atomic E-state index is -0.488. The fourth-order valence-corrected chi connectivity index (χ4v) is 3.38. The highest BCUT2D eigenvalue weighted by Gasteiger charge is 2.63. The zero-order valence-electron chi connectivity index (χ0n) is 7.09. The third-order valence-electron chi connectivity index (χ3n) is 3.90. The smallest absolute Gasteiger partial charge is 0.309 e. The number of cyclic esters (lactones) is 1. The van der Waals surface area contributed by atoms with Gasteiger partial charge in [0, 0.05) is 17.8 Å². The summed E-state index contributed by atoms with van der Waals surface area (Å²) in [6, 6.07) is 0. The van der Waals surface area contributed by atoms with E-state index in [4.69, 9.17) is 4.74 Å². The van der Waals surface area contributed by atoms with Gasteiger partial charge in [0.1, 0.15) is 0 Å². The van der Waals surface area contributed by atoms with E-state index in [0.29, 0.717) is 13.0 Å². The van der Waals surface area contributed by atoms with Crippen LogP contribution in [0.25, 0.3) is 0 Å². The Bertz CT molecular complexity index is 262. The van der Waals surface area contributed by atoms with Crippen LogP contribution >= 0.6 is 0 Å². The Labute approximate surface area is 75.5 Å². The van der Waals surface area contributed by atoms with Gasteiger partial charge in [-0.25, -0.2) is 0 Å². The molecule has 0 aromatic carbocycles. The standard InChI is InChI=1S/C9H12O4/c10-5-1-3-6-4(2-13-9(6)12)7(5)8(3)11/h3-8,10-11H,1-2H2/t3-,4+,5-,6+,7-,8+/m0/s1. The molecule has 13 heavy (non-hydrogen) atoms. The summed E-state index contributed by atoms with van der Waals surface area (Å²) in [5.41, 5.74) is 0. The maximum atomic E-state index is 11.3. The van der Waals surface area contributed by atoms with Crippen LogP contribution in [0.4, 0.5) is 0 Å². The molecule has 3 aliphatic rings. The third-order valence-corrected chi connectivity index (χ3v) is 3.90. The molecule has 72 valence electrons. The van der Waals surface area contributed by atoms with Gasteiger partial charge in [-0.3, -0.25) is 4.79 Å². The SMILES string of the molecule is O=C1OC[C@@H]2[C@H]1[C@@H]1C[C@H](O)[C@H]2[C@@H]1O. The van der Waals surface area contributed by atoms with E-state index in [2.05, 4.69) is 0 Å². The number of aliphatic hydroxyl groups excluding tert-OH is 2. The number of rotatable bonds is 0. The zero-order chi connectivity index (χ0) is 9.16. The Morgan fingerprint density at radius 3 is 2.85 bits per heavy atom. The molecule has 2 bridgehead atoms. The van der Waals surface area contributed by atoms with Gasteiger partial charge in [-0.2, -0.15) is 0 Å². The van der Waals surface area contributed by atoms with Gasteiger partial charge < -0.3 is 14.9 Å². The van der Waals surface area contributed by atoms with Crippen molar-refractivity contribution in [2.75, 3.05) is 6.61 Å². The van der Waals surface area contributed by atoms with Crippen molar-refractivity contribution in [1.29, 1.82) is 0 Å². The van der Waals surface area contributed by atoms with Crippen LogP contribution in [0.3, 0.4) is 0 Å². The lowest BCUT2D eigenvalue weighted by Gasteiger charge is -2.23. The summed E-state index contributed by atoms with van der Waals surface area (Å²) in [4.78, 5) is 11.3. The second kappa shape index (κ2) is 2.25. The van der Waals surface area contributed by atoms with Crippen LogP contribution < -0.4 is 0 Å². The lowest BCUT2D eigenvalue weighted by molar-refractivity contribution is -0.143. The van der Waals surface area contributed by atoms with Gasteiger partial charge in [0.15, 0.2) is 0 Å². The molecule has 0 spiro atoms. The highest BCUT2D eigenvalue weighted by Crippen LogP contribution is 2.55. The zero-order valence-corrected chi connectivity index (χ0v) is 7.09. The second-order valence-corrected chi connectivity index (χ2v) is 4.35. The summed E-state index contributed by atoms with van der Waals surface area (Å²) in [5.74, 6) is -0.426. The number of ether oxygens (including phenoxy) is 1. The van der Waals surface area contributed by atoms with Crippen molar-refractivity contribution in [2.45, 2.75) is 18.6 Å². The lowest BCUT2D eigenvalue weighted by Crippen LogP contribution is -2.31. The van der Waals surface area contributed by atoms with Gasteiger partial charge in [-0.05, 0) is 6.42 Å². The summed E-state index contributed by atoms with van der Waals surface area (Å²) < 4.78 is 4.94. The van der Waals surface area contributed by atoms with E-state index in [9.17, 15) is 15.0 Å². The molecule has 3 rings (SSSR count). The van der Waals surface area contributed by atoms with Crippen LogP contribution in [0.1, 0.15) is 6.42 Å². The molecule has 4 heteroatoms. The Hall–Kier alpha value is -0.610. The highest BCUT2D eigenvalue weighted by molar-refractivity contribution is 5.76. The summed E-state index contributed by atoms with van der Waals surface area (Å²) in [6.07, 6.45) is -0.365. The Morgan fingerprint density at radius 2 is 2.08 bits per heavy atom. The molecule has 6 atom stereocenters. The van der Waals surface area contributed by atoms with Crippen molar-refractivity contribution < 1.29 is 19.7 Å². The van der Waals surface area contributed by atoms with Crippen LogP contribution in [0.15, 0.2) is 0 Å². The molecule has 3 fully saturated rings. The average molecular weight is 184 g/mol. The van der Waals surface area contributed by atoms with Crippen molar-refractivity contribution in [2.24, 2.45) is 23.7 Å². The first kappa shape index (κ1) is 7.76. The minimum absolute atomic E-state index is 0.0556. The lowest BCUT2D eigenvalue weighted by atomic mass is 9.80. The van der Waals surface area contributed by atoms with E-state index in [-0.39, 0.29) is 29.6 Å². The predicted octanol–water partition coefficient (Wildman–Crippen LogP) is -0.853. The van der Waals surface area contributed by atoms with Crippen molar-refractivity contribution in [3.8, 4) is 0 Å². The van der Waals surface area contributed by atoms with Crippen LogP contribution in [0.5, 0.6) is 0 Å². The molecular weight excluding hydrogens is 172 g/mol. The van der Waals surface area contributed by atoms with E-state index in [1.165, 1.54) is 0 Å². The molecule has 1 aliphatic heterocycles. The van der Waals surface area contributed by atoms with Crippen molar-refractivity contribution in [1.82, 2.24) is 0 Å². The molecule has 0 amide bonds. The van der Waals surface area contributed by atoms with Crippen LogP contribution in [-0.2, 0) is 9.53 Å². The molecule has 4 nitrogen and oxygen atoms in total. The van der Waals surface area contributed by atoms with E-state index in [0.717, 1.165) is 0 Å². The predicted molar refractivity (Wildman–Crippen MR) is 41.5 cm³/mol. The van der Waals surface area contributed by atoms with Crippen molar-refractivity contribution in [3.05, 3.63) is 0 Å². The monoisotopic (exact) mass is 184 g/mol. The van der Waals surface area contributed by atoms with E-state index >= 15 is 0 Å². The number of fused-ring (bicyclic) bond motifs is 5. The molecule has 0 unspecified atom stereocenters. The molecule has 0 radical (unpaired) electrons. The number of hydrogen-bond acceptors (Lipinski definition) is 4. The fraction of sp³-hybridized carbons (Fsp3) is 0.889. The van der Waals surface area contributed by atoms with Crippen molar-refractivity contribution >= 4 is 5.97 Å². The minimum Gasteiger partial charge on any atom is -0.465 e. The largest absolute Gasteiger partial charge is 0.465 e. The van der Waals surface area contributed by atoms with Gasteiger partial charge >= 0.3 is 5.97 Å². The van der Waals surface area contributed by atoms with Gasteiger partial charge in [0.2, 0.25) is 0 Å². The average Bonchev–Trinajstić information content (AvgIpc) is 2.64. The first-order valence-electron chi connectivity index (χ1n) is 4.73. The molecule has 2 N–H and O–H groups in total. The van der Waals surface area contributed by atoms with Crippen LogP contribution in [0, 0.1) is 23.7 Å². The Kier molecular flexibility index (Phi) is 1.34. The first-order chi connectivity index (χ1) is 6.20. The molecular formula is C9H12O4. The summed E-state index contributed by atoms with van der Waals surface area (Å²) >= 11 is 0. The third kappa shape index (κ3) is 0.758.